The first-order valence-corrected chi connectivity index (χ1v) is 13.2. The summed E-state index contributed by atoms with van der Waals surface area (Å²) in [5.41, 5.74) is 3.63. The van der Waals surface area contributed by atoms with Gasteiger partial charge < -0.3 is 18.9 Å². The molecule has 1 saturated carbocycles. The van der Waals surface area contributed by atoms with Crippen LogP contribution in [-0.2, 0) is 27.3 Å². The molecule has 0 aromatic heterocycles. The maximum Gasteiger partial charge on any atom is 0.342 e. The van der Waals surface area contributed by atoms with Crippen molar-refractivity contribution in [2.45, 2.75) is 39.7 Å². The van der Waals surface area contributed by atoms with E-state index in [1.54, 1.807) is 23.0 Å². The van der Waals surface area contributed by atoms with Crippen LogP contribution in [0, 0.1) is 12.8 Å². The average molecular weight is 532 g/mol. The smallest absolute Gasteiger partial charge is 0.342 e. The van der Waals surface area contributed by atoms with Gasteiger partial charge in [0.05, 0.1) is 20.3 Å². The van der Waals surface area contributed by atoms with E-state index >= 15 is 0 Å². The fraction of sp³-hybridized carbons (Fsp3) is 0.524. The van der Waals surface area contributed by atoms with Crippen LogP contribution in [-0.4, -0.2) is 38.0 Å². The van der Waals surface area contributed by atoms with Crippen LogP contribution in [0.2, 0.25) is 0 Å². The number of esters is 2. The highest BCUT2D eigenvalue weighted by atomic mass is 127. The number of ether oxygens (including phenoxy) is 4. The second kappa shape index (κ2) is 10.1. The highest BCUT2D eigenvalue weighted by Crippen LogP contribution is 2.44. The second-order valence-electron chi connectivity index (χ2n) is 6.92. The van der Waals surface area contributed by atoms with E-state index < -0.39 is 0 Å². The third-order valence-electron chi connectivity index (χ3n) is 5.09. The Balaban J connectivity index is 2.04. The van der Waals surface area contributed by atoms with Gasteiger partial charge in [0.1, 0.15) is 23.7 Å². The quantitative estimate of drug-likeness (QED) is 0.189. The Labute approximate surface area is 187 Å². The number of methoxy groups -OCH3 is 1. The first-order valence-electron chi connectivity index (χ1n) is 9.66. The third kappa shape index (κ3) is 4.84. The van der Waals surface area contributed by atoms with Gasteiger partial charge in [0.2, 0.25) is 0 Å². The number of benzene rings is 1. The zero-order valence-electron chi connectivity index (χ0n) is 16.8. The fourth-order valence-corrected chi connectivity index (χ4v) is 4.27. The van der Waals surface area contributed by atoms with Crippen molar-refractivity contribution < 1.29 is 28.5 Å². The SMILES string of the molecule is CCOC(=O)/C(=C/Cc1c(OC)c(C)c2c(c1OCCSI)C(=O)OC2)C1CC1. The molecule has 0 amide bonds. The van der Waals surface area contributed by atoms with Crippen molar-refractivity contribution >= 4 is 42.1 Å². The van der Waals surface area contributed by atoms with E-state index in [9.17, 15) is 9.59 Å². The molecule has 0 bridgehead atoms. The Morgan fingerprint density at radius 1 is 1.34 bits per heavy atom. The van der Waals surface area contributed by atoms with Gasteiger partial charge in [-0.05, 0) is 65.8 Å². The fourth-order valence-electron chi connectivity index (χ4n) is 3.58. The van der Waals surface area contributed by atoms with Crippen LogP contribution in [0.3, 0.4) is 0 Å². The van der Waals surface area contributed by atoms with Crippen LogP contribution in [0.25, 0.3) is 0 Å². The average Bonchev–Trinajstić information content (AvgIpc) is 3.46. The molecule has 1 aliphatic carbocycles. The summed E-state index contributed by atoms with van der Waals surface area (Å²) in [5.74, 6) is 1.57. The minimum Gasteiger partial charge on any atom is -0.496 e. The number of halogens is 1. The Hall–Kier alpha value is -1.42. The Kier molecular flexibility index (Phi) is 7.72. The predicted octanol–water partition coefficient (Wildman–Crippen LogP) is 4.58. The van der Waals surface area contributed by atoms with Gasteiger partial charge in [0, 0.05) is 22.5 Å². The topological polar surface area (TPSA) is 71.1 Å². The van der Waals surface area contributed by atoms with Crippen molar-refractivity contribution in [1.29, 1.82) is 0 Å². The van der Waals surface area contributed by atoms with Gasteiger partial charge in [-0.2, -0.15) is 0 Å². The van der Waals surface area contributed by atoms with Crippen molar-refractivity contribution in [3.05, 3.63) is 33.9 Å². The number of hydrogen-bond acceptors (Lipinski definition) is 7. The molecule has 1 aromatic carbocycles. The van der Waals surface area contributed by atoms with Crippen LogP contribution in [0.5, 0.6) is 11.5 Å². The van der Waals surface area contributed by atoms with E-state index in [1.165, 1.54) is 0 Å². The van der Waals surface area contributed by atoms with Crippen molar-refractivity contribution in [2.24, 2.45) is 5.92 Å². The van der Waals surface area contributed by atoms with E-state index in [-0.39, 0.29) is 24.5 Å². The number of carbonyl (C=O) groups is 2. The lowest BCUT2D eigenvalue weighted by Gasteiger charge is -2.19. The van der Waals surface area contributed by atoms with Gasteiger partial charge >= 0.3 is 11.9 Å². The van der Waals surface area contributed by atoms with Gasteiger partial charge in [0.15, 0.2) is 0 Å². The van der Waals surface area contributed by atoms with Gasteiger partial charge in [0.25, 0.3) is 0 Å². The number of carbonyl (C=O) groups excluding carboxylic acids is 2. The molecule has 1 heterocycles. The summed E-state index contributed by atoms with van der Waals surface area (Å²) in [4.78, 5) is 24.8. The Morgan fingerprint density at radius 3 is 2.72 bits per heavy atom. The molecule has 1 aromatic rings. The van der Waals surface area contributed by atoms with E-state index in [0.29, 0.717) is 42.3 Å². The highest BCUT2D eigenvalue weighted by molar-refractivity contribution is 14.2. The number of rotatable bonds is 10. The summed E-state index contributed by atoms with van der Waals surface area (Å²) in [6.07, 6.45) is 4.31. The molecule has 3 rings (SSSR count). The Bertz CT molecular complexity index is 831. The van der Waals surface area contributed by atoms with E-state index in [4.69, 9.17) is 18.9 Å². The summed E-state index contributed by atoms with van der Waals surface area (Å²) < 4.78 is 22.3. The van der Waals surface area contributed by atoms with Crippen LogP contribution in [0.4, 0.5) is 0 Å². The minimum absolute atomic E-state index is 0.222. The summed E-state index contributed by atoms with van der Waals surface area (Å²) >= 11 is 2.21. The van der Waals surface area contributed by atoms with E-state index in [2.05, 4.69) is 21.2 Å². The van der Waals surface area contributed by atoms with Crippen molar-refractivity contribution in [3.8, 4) is 11.5 Å². The minimum atomic E-state index is -0.374. The molecule has 0 atom stereocenters. The van der Waals surface area contributed by atoms with Crippen molar-refractivity contribution in [2.75, 3.05) is 26.1 Å². The Morgan fingerprint density at radius 2 is 2.10 bits per heavy atom. The molecule has 1 fully saturated rings. The first kappa shape index (κ1) is 22.3. The standard InChI is InChI=1S/C21H25IO6S/c1-4-26-20(23)14(13-5-6-13)7-8-15-18(25-3)12(2)16-11-28-21(24)17(16)19(15)27-9-10-29-22/h7,13H,4-6,8-11H2,1-3H3/b14-7+. The van der Waals surface area contributed by atoms with Gasteiger partial charge in [-0.3, -0.25) is 0 Å². The van der Waals surface area contributed by atoms with Crippen LogP contribution in [0.1, 0.15) is 46.8 Å². The maximum atomic E-state index is 12.4. The molecule has 2 aliphatic rings. The van der Waals surface area contributed by atoms with Crippen LogP contribution < -0.4 is 9.47 Å². The summed E-state index contributed by atoms with van der Waals surface area (Å²) in [6.45, 7) is 4.75. The number of hydrogen-bond donors (Lipinski definition) is 0. The zero-order valence-corrected chi connectivity index (χ0v) is 19.8. The molecule has 0 unspecified atom stereocenters. The normalized spacial score (nSPS) is 15.7. The van der Waals surface area contributed by atoms with Gasteiger partial charge in [-0.15, -0.1) is 0 Å². The molecule has 29 heavy (non-hydrogen) atoms. The predicted molar refractivity (Wildman–Crippen MR) is 120 cm³/mol. The lowest BCUT2D eigenvalue weighted by Crippen LogP contribution is -2.12. The molecular formula is C21H25IO6S. The van der Waals surface area contributed by atoms with Crippen LogP contribution in [0.15, 0.2) is 11.6 Å². The first-order chi connectivity index (χ1) is 14.0. The number of fused-ring (bicyclic) bond motifs is 1. The molecule has 1 aliphatic heterocycles. The summed E-state index contributed by atoms with van der Waals surface area (Å²) in [5, 5.41) is 0. The number of cyclic esters (lactones) is 1. The molecule has 0 saturated heterocycles. The summed E-state index contributed by atoms with van der Waals surface area (Å²) in [7, 11) is 3.25. The molecule has 0 N–H and O–H groups in total. The van der Waals surface area contributed by atoms with Gasteiger partial charge in [-0.1, -0.05) is 15.0 Å². The molecule has 0 radical (unpaired) electrons. The summed E-state index contributed by atoms with van der Waals surface area (Å²) in [6, 6.07) is 0. The van der Waals surface area contributed by atoms with Crippen molar-refractivity contribution in [1.82, 2.24) is 0 Å². The maximum absolute atomic E-state index is 12.4. The van der Waals surface area contributed by atoms with E-state index in [1.807, 2.05) is 13.0 Å². The van der Waals surface area contributed by atoms with E-state index in [0.717, 1.165) is 35.3 Å². The zero-order chi connectivity index (χ0) is 21.0. The lowest BCUT2D eigenvalue weighted by molar-refractivity contribution is -0.138. The molecule has 6 nitrogen and oxygen atoms in total. The molecular weight excluding hydrogens is 507 g/mol. The monoisotopic (exact) mass is 532 g/mol. The molecule has 8 heteroatoms. The largest absolute Gasteiger partial charge is 0.496 e. The van der Waals surface area contributed by atoms with Crippen LogP contribution >= 0.6 is 30.1 Å². The highest BCUT2D eigenvalue weighted by Gasteiger charge is 2.34. The molecule has 158 valence electrons. The van der Waals surface area contributed by atoms with Crippen molar-refractivity contribution in [3.63, 3.8) is 0 Å². The second-order valence-corrected chi connectivity index (χ2v) is 9.41. The molecule has 0 spiro atoms. The third-order valence-corrected chi connectivity index (χ3v) is 6.73. The lowest BCUT2D eigenvalue weighted by atomic mass is 9.94. The number of allylic oxidation sites excluding steroid dienone is 1. The van der Waals surface area contributed by atoms with Gasteiger partial charge in [-0.25, -0.2) is 9.59 Å².